The first-order valence-electron chi connectivity index (χ1n) is 5.80. The highest BCUT2D eigenvalue weighted by Gasteiger charge is 2.24. The van der Waals surface area contributed by atoms with Gasteiger partial charge in [-0.05, 0) is 45.0 Å². The lowest BCUT2D eigenvalue weighted by Gasteiger charge is -2.09. The lowest BCUT2D eigenvalue weighted by molar-refractivity contribution is 0.0488. The Morgan fingerprint density at radius 1 is 1.22 bits per heavy atom. The second kappa shape index (κ2) is 4.78. The van der Waals surface area contributed by atoms with E-state index in [2.05, 4.69) is 10.2 Å². The van der Waals surface area contributed by atoms with Crippen LogP contribution in [0, 0.1) is 0 Å². The molecule has 0 aliphatic rings. The fourth-order valence-electron chi connectivity index (χ4n) is 1.45. The maximum atomic E-state index is 9.75. The average molecular weight is 248 g/mol. The quantitative estimate of drug-likeness (QED) is 0.899. The van der Waals surface area contributed by atoms with Gasteiger partial charge in [-0.3, -0.25) is 0 Å². The van der Waals surface area contributed by atoms with E-state index < -0.39 is 5.60 Å². The molecule has 0 aliphatic carbocycles. The van der Waals surface area contributed by atoms with E-state index >= 15 is 0 Å². The van der Waals surface area contributed by atoms with Crippen LogP contribution in [0.2, 0.25) is 0 Å². The molecule has 96 valence electrons. The van der Waals surface area contributed by atoms with E-state index in [4.69, 9.17) is 9.15 Å². The summed E-state index contributed by atoms with van der Waals surface area (Å²) in [7, 11) is 0. The Balaban J connectivity index is 2.23. The van der Waals surface area contributed by atoms with Crippen LogP contribution in [0.25, 0.3) is 11.5 Å². The van der Waals surface area contributed by atoms with Gasteiger partial charge >= 0.3 is 0 Å². The van der Waals surface area contributed by atoms with Crippen molar-refractivity contribution in [3.8, 4) is 17.2 Å². The van der Waals surface area contributed by atoms with E-state index in [1.54, 1.807) is 13.8 Å². The molecule has 18 heavy (non-hydrogen) atoms. The Hall–Kier alpha value is -1.88. The summed E-state index contributed by atoms with van der Waals surface area (Å²) in [5.41, 5.74) is -0.335. The van der Waals surface area contributed by atoms with Gasteiger partial charge in [0, 0.05) is 5.56 Å². The molecule has 5 heteroatoms. The smallest absolute Gasteiger partial charge is 0.247 e. The monoisotopic (exact) mass is 248 g/mol. The Morgan fingerprint density at radius 2 is 1.89 bits per heavy atom. The number of nitrogens with zero attached hydrogens (tertiary/aromatic N) is 2. The van der Waals surface area contributed by atoms with Gasteiger partial charge in [0.1, 0.15) is 11.4 Å². The lowest BCUT2D eigenvalue weighted by Crippen LogP contribution is -2.15. The molecule has 2 rings (SSSR count). The third kappa shape index (κ3) is 2.68. The van der Waals surface area contributed by atoms with E-state index in [0.717, 1.165) is 11.3 Å². The molecule has 0 bridgehead atoms. The minimum absolute atomic E-state index is 0.200. The van der Waals surface area contributed by atoms with E-state index in [9.17, 15) is 5.11 Å². The molecule has 2 aromatic rings. The van der Waals surface area contributed by atoms with E-state index in [1.165, 1.54) is 0 Å². The predicted molar refractivity (Wildman–Crippen MR) is 66.1 cm³/mol. The van der Waals surface area contributed by atoms with Crippen molar-refractivity contribution in [2.75, 3.05) is 6.61 Å². The minimum atomic E-state index is -1.13. The standard InChI is InChI=1S/C13H16N2O3/c1-4-17-10-7-5-9(6-8-10)11-14-15-12(18-11)13(2,3)16/h5-8,16H,4H2,1-3H3. The first-order valence-corrected chi connectivity index (χ1v) is 5.80. The van der Waals surface area contributed by atoms with Gasteiger partial charge in [-0.15, -0.1) is 10.2 Å². The summed E-state index contributed by atoms with van der Waals surface area (Å²) in [5, 5.41) is 17.5. The topological polar surface area (TPSA) is 68.4 Å². The van der Waals surface area contributed by atoms with Crippen molar-refractivity contribution in [3.05, 3.63) is 30.2 Å². The second-order valence-electron chi connectivity index (χ2n) is 4.43. The highest BCUT2D eigenvalue weighted by molar-refractivity contribution is 5.54. The maximum Gasteiger partial charge on any atom is 0.247 e. The normalized spacial score (nSPS) is 11.6. The average Bonchev–Trinajstić information content (AvgIpc) is 2.79. The molecular formula is C13H16N2O3. The van der Waals surface area contributed by atoms with Gasteiger partial charge in [-0.2, -0.15) is 0 Å². The van der Waals surface area contributed by atoms with Crippen LogP contribution >= 0.6 is 0 Å². The molecule has 0 fully saturated rings. The van der Waals surface area contributed by atoms with E-state index in [0.29, 0.717) is 12.5 Å². The Kier molecular flexibility index (Phi) is 3.34. The number of hydrogen-bond donors (Lipinski definition) is 1. The molecule has 0 atom stereocenters. The van der Waals surface area contributed by atoms with Crippen molar-refractivity contribution < 1.29 is 14.3 Å². The third-order valence-corrected chi connectivity index (χ3v) is 2.36. The summed E-state index contributed by atoms with van der Waals surface area (Å²) < 4.78 is 10.8. The lowest BCUT2D eigenvalue weighted by atomic mass is 10.1. The fourth-order valence-corrected chi connectivity index (χ4v) is 1.45. The second-order valence-corrected chi connectivity index (χ2v) is 4.43. The maximum absolute atomic E-state index is 9.75. The molecule has 0 saturated carbocycles. The van der Waals surface area contributed by atoms with Gasteiger partial charge < -0.3 is 14.3 Å². The largest absolute Gasteiger partial charge is 0.494 e. The zero-order valence-electron chi connectivity index (χ0n) is 10.7. The van der Waals surface area contributed by atoms with Crippen molar-refractivity contribution in [1.29, 1.82) is 0 Å². The third-order valence-electron chi connectivity index (χ3n) is 2.36. The Morgan fingerprint density at radius 3 is 2.39 bits per heavy atom. The summed E-state index contributed by atoms with van der Waals surface area (Å²) in [5.74, 6) is 1.38. The zero-order valence-corrected chi connectivity index (χ0v) is 10.7. The van der Waals surface area contributed by atoms with Gasteiger partial charge in [0.25, 0.3) is 0 Å². The minimum Gasteiger partial charge on any atom is -0.494 e. The van der Waals surface area contributed by atoms with Crippen molar-refractivity contribution in [1.82, 2.24) is 10.2 Å². The predicted octanol–water partition coefficient (Wildman–Crippen LogP) is 2.36. The van der Waals surface area contributed by atoms with E-state index in [1.807, 2.05) is 31.2 Å². The number of ether oxygens (including phenoxy) is 1. The molecular weight excluding hydrogens is 232 g/mol. The van der Waals surface area contributed by atoms with Crippen molar-refractivity contribution >= 4 is 0 Å². The first kappa shape index (κ1) is 12.6. The number of hydrogen-bond acceptors (Lipinski definition) is 5. The van der Waals surface area contributed by atoms with Crippen LogP contribution in [0.3, 0.4) is 0 Å². The van der Waals surface area contributed by atoms with Crippen LogP contribution < -0.4 is 4.74 Å². The van der Waals surface area contributed by atoms with Gasteiger partial charge in [0.15, 0.2) is 0 Å². The molecule has 0 saturated heterocycles. The molecule has 0 unspecified atom stereocenters. The molecule has 0 amide bonds. The van der Waals surface area contributed by atoms with Crippen molar-refractivity contribution in [2.24, 2.45) is 0 Å². The Labute approximate surface area is 105 Å². The van der Waals surface area contributed by atoms with Gasteiger partial charge in [0.2, 0.25) is 11.8 Å². The number of benzene rings is 1. The summed E-state index contributed by atoms with van der Waals surface area (Å²) >= 11 is 0. The number of aliphatic hydroxyl groups is 1. The van der Waals surface area contributed by atoms with Gasteiger partial charge in [0.05, 0.1) is 6.61 Å². The molecule has 1 aromatic heterocycles. The van der Waals surface area contributed by atoms with E-state index in [-0.39, 0.29) is 5.89 Å². The molecule has 0 radical (unpaired) electrons. The van der Waals surface area contributed by atoms with Crippen LogP contribution in [0.15, 0.2) is 28.7 Å². The van der Waals surface area contributed by atoms with Gasteiger partial charge in [-0.25, -0.2) is 0 Å². The van der Waals surface area contributed by atoms with Crippen LogP contribution in [0.1, 0.15) is 26.7 Å². The van der Waals surface area contributed by atoms with Crippen LogP contribution in [-0.4, -0.2) is 21.9 Å². The van der Waals surface area contributed by atoms with Gasteiger partial charge in [-0.1, -0.05) is 0 Å². The highest BCUT2D eigenvalue weighted by Crippen LogP contribution is 2.25. The number of rotatable bonds is 4. The molecule has 0 spiro atoms. The van der Waals surface area contributed by atoms with Crippen molar-refractivity contribution in [2.45, 2.75) is 26.4 Å². The van der Waals surface area contributed by atoms with Crippen LogP contribution in [0.5, 0.6) is 5.75 Å². The first-order chi connectivity index (χ1) is 8.50. The SMILES string of the molecule is CCOc1ccc(-c2nnc(C(C)(C)O)o2)cc1. The molecule has 1 N–H and O–H groups in total. The molecule has 0 aliphatic heterocycles. The summed E-state index contributed by atoms with van der Waals surface area (Å²) in [6, 6.07) is 7.36. The van der Waals surface area contributed by atoms with Crippen molar-refractivity contribution in [3.63, 3.8) is 0 Å². The zero-order chi connectivity index (χ0) is 13.2. The molecule has 1 heterocycles. The van der Waals surface area contributed by atoms with Crippen LogP contribution in [0.4, 0.5) is 0 Å². The Bertz CT molecular complexity index is 512. The van der Waals surface area contributed by atoms with Crippen LogP contribution in [-0.2, 0) is 5.60 Å². The fraction of sp³-hybridized carbons (Fsp3) is 0.385. The molecule has 1 aromatic carbocycles. The highest BCUT2D eigenvalue weighted by atomic mass is 16.5. The molecule has 5 nitrogen and oxygen atoms in total. The summed E-state index contributed by atoms with van der Waals surface area (Å²) in [4.78, 5) is 0. The summed E-state index contributed by atoms with van der Waals surface area (Å²) in [6.07, 6.45) is 0. The summed E-state index contributed by atoms with van der Waals surface area (Å²) in [6.45, 7) is 5.76. The number of aromatic nitrogens is 2.